The third kappa shape index (κ3) is 3.37. The molecule has 2 rings (SSSR count). The van der Waals surface area contributed by atoms with Crippen LogP contribution in [0.25, 0.3) is 0 Å². The second-order valence-electron chi connectivity index (χ2n) is 6.54. The van der Waals surface area contributed by atoms with Crippen LogP contribution in [0.5, 0.6) is 0 Å². The molecule has 6 nitrogen and oxygen atoms in total. The van der Waals surface area contributed by atoms with Gasteiger partial charge >= 0.3 is 0 Å². The molecule has 0 saturated carbocycles. The predicted octanol–water partition coefficient (Wildman–Crippen LogP) is 1.55. The third-order valence-corrected chi connectivity index (χ3v) is 5.18. The van der Waals surface area contributed by atoms with Crippen molar-refractivity contribution in [2.75, 3.05) is 18.5 Å². The molecule has 0 aliphatic carbocycles. The molecule has 1 aliphatic heterocycles. The molecule has 0 bridgehead atoms. The van der Waals surface area contributed by atoms with Crippen LogP contribution < -0.4 is 11.3 Å². The van der Waals surface area contributed by atoms with Gasteiger partial charge in [0.1, 0.15) is 4.90 Å². The summed E-state index contributed by atoms with van der Waals surface area (Å²) < 4.78 is 33.2. The Hall–Kier alpha value is -1.15. The number of nitrogens with zero attached hydrogens (tertiary/aromatic N) is 1. The maximum Gasteiger partial charge on any atom is 0.245 e. The normalized spacial score (nSPS) is 22.0. The Labute approximate surface area is 126 Å². The molecule has 1 fully saturated rings. The van der Waals surface area contributed by atoms with Crippen LogP contribution in [-0.2, 0) is 14.8 Å². The van der Waals surface area contributed by atoms with Crippen molar-refractivity contribution >= 4 is 15.7 Å². The largest absolute Gasteiger partial charge is 0.367 e. The lowest BCUT2D eigenvalue weighted by molar-refractivity contribution is -0.163. The van der Waals surface area contributed by atoms with Gasteiger partial charge in [-0.25, -0.2) is 8.42 Å². The number of anilines is 1. The van der Waals surface area contributed by atoms with Crippen LogP contribution in [0.1, 0.15) is 27.7 Å². The maximum atomic E-state index is 12.9. The summed E-state index contributed by atoms with van der Waals surface area (Å²) in [6, 6.07) is 6.62. The minimum Gasteiger partial charge on any atom is -0.367 e. The average Bonchev–Trinajstić information content (AvgIpc) is 2.35. The van der Waals surface area contributed by atoms with Crippen molar-refractivity contribution in [3.05, 3.63) is 24.3 Å². The first-order valence-electron chi connectivity index (χ1n) is 6.83. The van der Waals surface area contributed by atoms with Crippen molar-refractivity contribution in [1.82, 2.24) is 4.31 Å². The highest BCUT2D eigenvalue weighted by Crippen LogP contribution is 2.33. The lowest BCUT2D eigenvalue weighted by Crippen LogP contribution is -2.58. The lowest BCUT2D eigenvalue weighted by atomic mass is 10.0. The van der Waals surface area contributed by atoms with Crippen molar-refractivity contribution in [3.63, 3.8) is 0 Å². The Morgan fingerprint density at radius 2 is 1.67 bits per heavy atom. The second-order valence-corrected chi connectivity index (χ2v) is 8.44. The molecule has 0 radical (unpaired) electrons. The standard InChI is InChI=1S/C14H23N3O3S/c1-13(2)9-17(10-14(3,4)20-13)21(18,19)12-8-6-5-7-11(12)16-15/h5-8,16H,9-10,15H2,1-4H3. The van der Waals surface area contributed by atoms with Crippen LogP contribution in [0.2, 0.25) is 0 Å². The highest BCUT2D eigenvalue weighted by atomic mass is 32.2. The van der Waals surface area contributed by atoms with Crippen LogP contribution >= 0.6 is 0 Å². The summed E-state index contributed by atoms with van der Waals surface area (Å²) in [7, 11) is -3.64. The molecule has 0 amide bonds. The molecular formula is C14H23N3O3S. The van der Waals surface area contributed by atoms with Gasteiger partial charge in [0.05, 0.1) is 16.9 Å². The summed E-state index contributed by atoms with van der Waals surface area (Å²) in [5.74, 6) is 5.43. The van der Waals surface area contributed by atoms with Crippen LogP contribution in [0.15, 0.2) is 29.2 Å². The van der Waals surface area contributed by atoms with E-state index < -0.39 is 21.2 Å². The number of benzene rings is 1. The lowest BCUT2D eigenvalue weighted by Gasteiger charge is -2.46. The van der Waals surface area contributed by atoms with Crippen molar-refractivity contribution in [2.45, 2.75) is 43.8 Å². The molecule has 0 aromatic heterocycles. The summed E-state index contributed by atoms with van der Waals surface area (Å²) in [6.07, 6.45) is 0. The molecule has 1 aliphatic rings. The second kappa shape index (κ2) is 5.24. The Kier molecular flexibility index (Phi) is 4.05. The number of hydrazine groups is 1. The van der Waals surface area contributed by atoms with Crippen LogP contribution in [-0.4, -0.2) is 37.0 Å². The first-order valence-corrected chi connectivity index (χ1v) is 8.27. The van der Waals surface area contributed by atoms with Gasteiger partial charge in [-0.1, -0.05) is 12.1 Å². The van der Waals surface area contributed by atoms with Gasteiger partial charge in [0, 0.05) is 13.1 Å². The molecule has 1 aromatic carbocycles. The van der Waals surface area contributed by atoms with E-state index in [1.807, 2.05) is 27.7 Å². The molecule has 1 aromatic rings. The third-order valence-electron chi connectivity index (χ3n) is 3.33. The zero-order valence-electron chi connectivity index (χ0n) is 12.9. The summed E-state index contributed by atoms with van der Waals surface area (Å²) in [5.41, 5.74) is 1.75. The van der Waals surface area contributed by atoms with E-state index in [0.29, 0.717) is 18.8 Å². The number of nitrogens with one attached hydrogen (secondary N) is 1. The fraction of sp³-hybridized carbons (Fsp3) is 0.571. The highest BCUT2D eigenvalue weighted by molar-refractivity contribution is 7.89. The van der Waals surface area contributed by atoms with Crippen LogP contribution in [0.4, 0.5) is 5.69 Å². The zero-order chi connectivity index (χ0) is 15.9. The summed E-state index contributed by atoms with van der Waals surface area (Å²) in [5, 5.41) is 0. The summed E-state index contributed by atoms with van der Waals surface area (Å²) in [6.45, 7) is 8.18. The minimum absolute atomic E-state index is 0.181. The first-order chi connectivity index (χ1) is 9.57. The van der Waals surface area contributed by atoms with Crippen LogP contribution in [0.3, 0.4) is 0 Å². The van der Waals surface area contributed by atoms with Crippen LogP contribution in [0, 0.1) is 0 Å². The van der Waals surface area contributed by atoms with Gasteiger partial charge in [0.25, 0.3) is 0 Å². The number of nitrogens with two attached hydrogens (primary N) is 1. The van der Waals surface area contributed by atoms with Gasteiger partial charge < -0.3 is 10.2 Å². The fourth-order valence-electron chi connectivity index (χ4n) is 2.84. The molecule has 1 saturated heterocycles. The molecule has 0 spiro atoms. The first kappa shape index (κ1) is 16.2. The van der Waals surface area contributed by atoms with Crippen molar-refractivity contribution < 1.29 is 13.2 Å². The van der Waals surface area contributed by atoms with E-state index in [9.17, 15) is 8.42 Å². The van der Waals surface area contributed by atoms with Gasteiger partial charge in [-0.15, -0.1) is 0 Å². The van der Waals surface area contributed by atoms with Gasteiger partial charge in [0.15, 0.2) is 0 Å². The number of hydrogen-bond donors (Lipinski definition) is 2. The predicted molar refractivity (Wildman–Crippen MR) is 82.3 cm³/mol. The van der Waals surface area contributed by atoms with Crippen molar-refractivity contribution in [2.24, 2.45) is 5.84 Å². The highest BCUT2D eigenvalue weighted by Gasteiger charge is 2.43. The quantitative estimate of drug-likeness (QED) is 0.653. The molecule has 3 N–H and O–H groups in total. The van der Waals surface area contributed by atoms with E-state index in [1.165, 1.54) is 4.31 Å². The number of para-hydroxylation sites is 1. The van der Waals surface area contributed by atoms with E-state index in [1.54, 1.807) is 24.3 Å². The minimum atomic E-state index is -3.64. The van der Waals surface area contributed by atoms with E-state index in [2.05, 4.69) is 5.43 Å². The van der Waals surface area contributed by atoms with Gasteiger partial charge in [-0.3, -0.25) is 5.84 Å². The Morgan fingerprint density at radius 1 is 1.14 bits per heavy atom. The molecule has 0 atom stereocenters. The van der Waals surface area contributed by atoms with Crippen molar-refractivity contribution in [3.8, 4) is 0 Å². The Balaban J connectivity index is 2.44. The molecule has 1 heterocycles. The van der Waals surface area contributed by atoms with E-state index in [0.717, 1.165) is 0 Å². The Morgan fingerprint density at radius 3 is 2.19 bits per heavy atom. The van der Waals surface area contributed by atoms with E-state index in [4.69, 9.17) is 10.6 Å². The number of morpholine rings is 1. The number of sulfonamides is 1. The number of ether oxygens (including phenoxy) is 1. The van der Waals surface area contributed by atoms with Gasteiger partial charge in [-0.2, -0.15) is 4.31 Å². The van der Waals surface area contributed by atoms with Crippen molar-refractivity contribution in [1.29, 1.82) is 0 Å². The summed E-state index contributed by atoms with van der Waals surface area (Å²) in [4.78, 5) is 0.181. The molecule has 21 heavy (non-hydrogen) atoms. The topological polar surface area (TPSA) is 84.7 Å². The molecule has 7 heteroatoms. The Bertz CT molecular complexity index is 610. The van der Waals surface area contributed by atoms with E-state index in [-0.39, 0.29) is 4.90 Å². The fourth-order valence-corrected chi connectivity index (χ4v) is 4.73. The maximum absolute atomic E-state index is 12.9. The van der Waals surface area contributed by atoms with Gasteiger partial charge in [-0.05, 0) is 39.8 Å². The molecular weight excluding hydrogens is 290 g/mol. The molecule has 0 unspecified atom stereocenters. The van der Waals surface area contributed by atoms with E-state index >= 15 is 0 Å². The zero-order valence-corrected chi connectivity index (χ0v) is 13.7. The average molecular weight is 313 g/mol. The number of hydrogen-bond acceptors (Lipinski definition) is 5. The monoisotopic (exact) mass is 313 g/mol. The molecule has 118 valence electrons. The SMILES string of the molecule is CC1(C)CN(S(=O)(=O)c2ccccc2NN)CC(C)(C)O1. The van der Waals surface area contributed by atoms with Gasteiger partial charge in [0.2, 0.25) is 10.0 Å². The smallest absolute Gasteiger partial charge is 0.245 e. The summed E-state index contributed by atoms with van der Waals surface area (Å²) >= 11 is 0. The number of rotatable bonds is 3. The number of nitrogen functional groups attached to an aromatic ring is 1.